The normalized spacial score (nSPS) is 10.9. The Morgan fingerprint density at radius 3 is 2.71 bits per heavy atom. The molecule has 17 heavy (non-hydrogen) atoms. The minimum Gasteiger partial charge on any atom is -0.280 e. The zero-order valence-electron chi connectivity index (χ0n) is 8.64. The highest BCUT2D eigenvalue weighted by atomic mass is 19.1. The first-order chi connectivity index (χ1) is 8.25. The summed E-state index contributed by atoms with van der Waals surface area (Å²) in [6.07, 6.45) is 2.45. The summed E-state index contributed by atoms with van der Waals surface area (Å²) in [7, 11) is 0. The minimum atomic E-state index is -0.715. The number of hydrogen-bond acceptors (Lipinski definition) is 2. The fourth-order valence-electron chi connectivity index (χ4n) is 1.71. The summed E-state index contributed by atoms with van der Waals surface area (Å²) in [5.41, 5.74) is 1.46. The third-order valence-corrected chi connectivity index (χ3v) is 2.47. The molecule has 0 unspecified atom stereocenters. The average Bonchev–Trinajstić information content (AvgIpc) is 2.73. The molecule has 1 aromatic carbocycles. The number of pyridine rings is 1. The molecule has 0 saturated heterocycles. The smallest absolute Gasteiger partial charge is 0.175 e. The lowest BCUT2D eigenvalue weighted by Crippen LogP contribution is -2.00. The second-order valence-electron chi connectivity index (χ2n) is 3.56. The largest absolute Gasteiger partial charge is 0.280 e. The van der Waals surface area contributed by atoms with Crippen molar-refractivity contribution in [1.82, 2.24) is 14.5 Å². The molecule has 2 heterocycles. The minimum absolute atomic E-state index is 0.0418. The van der Waals surface area contributed by atoms with E-state index in [1.165, 1.54) is 10.9 Å². The van der Waals surface area contributed by atoms with E-state index < -0.39 is 11.6 Å². The van der Waals surface area contributed by atoms with Crippen LogP contribution in [-0.2, 0) is 0 Å². The van der Waals surface area contributed by atoms with Crippen molar-refractivity contribution in [3.63, 3.8) is 0 Å². The van der Waals surface area contributed by atoms with E-state index in [0.29, 0.717) is 0 Å². The number of benzene rings is 1. The van der Waals surface area contributed by atoms with Gasteiger partial charge in [-0.25, -0.2) is 18.7 Å². The van der Waals surface area contributed by atoms with Gasteiger partial charge in [0, 0.05) is 6.07 Å². The molecule has 0 amide bonds. The quantitative estimate of drug-likeness (QED) is 0.644. The van der Waals surface area contributed by atoms with Crippen molar-refractivity contribution in [3.05, 3.63) is 54.5 Å². The van der Waals surface area contributed by atoms with Crippen molar-refractivity contribution in [3.8, 4) is 5.82 Å². The number of fused-ring (bicyclic) bond motifs is 1. The van der Waals surface area contributed by atoms with E-state index in [2.05, 4.69) is 9.97 Å². The third-order valence-electron chi connectivity index (χ3n) is 2.47. The van der Waals surface area contributed by atoms with Gasteiger partial charge in [0.05, 0.1) is 17.2 Å². The summed E-state index contributed by atoms with van der Waals surface area (Å²) in [6, 6.07) is 8.08. The molecule has 5 heteroatoms. The third kappa shape index (κ3) is 1.56. The number of aromatic nitrogens is 3. The molecular formula is C12H7F2N3. The van der Waals surface area contributed by atoms with E-state index in [0.717, 1.165) is 23.3 Å². The Bertz CT molecular complexity index is 691. The monoisotopic (exact) mass is 231 g/mol. The van der Waals surface area contributed by atoms with E-state index in [9.17, 15) is 8.78 Å². The van der Waals surface area contributed by atoms with Gasteiger partial charge in [0.2, 0.25) is 0 Å². The number of nitrogens with zero attached hydrogens (tertiary/aromatic N) is 3. The lowest BCUT2D eigenvalue weighted by atomic mass is 10.3. The zero-order chi connectivity index (χ0) is 11.8. The van der Waals surface area contributed by atoms with Gasteiger partial charge in [-0.2, -0.15) is 0 Å². The van der Waals surface area contributed by atoms with Crippen LogP contribution < -0.4 is 0 Å². The first-order valence-corrected chi connectivity index (χ1v) is 4.99. The van der Waals surface area contributed by atoms with Crippen LogP contribution in [0.5, 0.6) is 0 Å². The highest BCUT2D eigenvalue weighted by Crippen LogP contribution is 2.18. The van der Waals surface area contributed by atoms with Crippen LogP contribution in [0.25, 0.3) is 16.9 Å². The van der Waals surface area contributed by atoms with Crippen LogP contribution in [-0.4, -0.2) is 14.5 Å². The topological polar surface area (TPSA) is 30.7 Å². The Labute approximate surface area is 95.4 Å². The van der Waals surface area contributed by atoms with Crippen LogP contribution in [0.15, 0.2) is 42.9 Å². The molecule has 0 aliphatic carbocycles. The summed E-state index contributed by atoms with van der Waals surface area (Å²) in [4.78, 5) is 7.86. The van der Waals surface area contributed by atoms with Crippen LogP contribution in [0.1, 0.15) is 0 Å². The van der Waals surface area contributed by atoms with Gasteiger partial charge < -0.3 is 0 Å². The Kier molecular flexibility index (Phi) is 2.11. The Balaban J connectivity index is 2.27. The van der Waals surface area contributed by atoms with Gasteiger partial charge in [-0.1, -0.05) is 12.1 Å². The summed E-state index contributed by atoms with van der Waals surface area (Å²) < 4.78 is 27.9. The molecule has 0 radical (unpaired) electrons. The van der Waals surface area contributed by atoms with Gasteiger partial charge in [-0.3, -0.25) is 4.57 Å². The highest BCUT2D eigenvalue weighted by Gasteiger charge is 2.10. The second kappa shape index (κ2) is 3.62. The molecule has 0 N–H and O–H groups in total. The maximum Gasteiger partial charge on any atom is 0.175 e. The molecular weight excluding hydrogens is 224 g/mol. The lowest BCUT2D eigenvalue weighted by Gasteiger charge is -2.04. The molecule has 0 bridgehead atoms. The summed E-state index contributed by atoms with van der Waals surface area (Å²) >= 11 is 0. The summed E-state index contributed by atoms with van der Waals surface area (Å²) in [5.74, 6) is -1.37. The van der Waals surface area contributed by atoms with E-state index in [1.54, 1.807) is 6.07 Å². The van der Waals surface area contributed by atoms with Gasteiger partial charge in [-0.05, 0) is 12.1 Å². The van der Waals surface area contributed by atoms with Crippen LogP contribution >= 0.6 is 0 Å². The van der Waals surface area contributed by atoms with Crippen LogP contribution in [0, 0.1) is 11.6 Å². The van der Waals surface area contributed by atoms with E-state index in [1.807, 2.05) is 18.2 Å². The molecule has 0 spiro atoms. The molecule has 3 nitrogen and oxygen atoms in total. The second-order valence-corrected chi connectivity index (χ2v) is 3.56. The standard InChI is InChI=1S/C12H7F2N3/c13-8-5-9(14)12(15-6-8)17-7-16-10-3-1-2-4-11(10)17/h1-7H. The number of imidazole rings is 1. The number of rotatable bonds is 1. The summed E-state index contributed by atoms with van der Waals surface area (Å²) in [6.45, 7) is 0. The first-order valence-electron chi connectivity index (χ1n) is 4.99. The predicted molar refractivity (Wildman–Crippen MR) is 58.8 cm³/mol. The molecule has 0 aliphatic heterocycles. The Hall–Kier alpha value is -2.30. The number of halogens is 2. The molecule has 2 aromatic heterocycles. The number of hydrogen-bond donors (Lipinski definition) is 0. The van der Waals surface area contributed by atoms with Crippen LogP contribution in [0.4, 0.5) is 8.78 Å². The van der Waals surface area contributed by atoms with Crippen LogP contribution in [0.2, 0.25) is 0 Å². The fourth-order valence-corrected chi connectivity index (χ4v) is 1.71. The maximum atomic E-state index is 13.6. The van der Waals surface area contributed by atoms with Gasteiger partial charge in [0.1, 0.15) is 12.1 Å². The van der Waals surface area contributed by atoms with Crippen molar-refractivity contribution >= 4 is 11.0 Å². The Morgan fingerprint density at radius 2 is 1.88 bits per heavy atom. The molecule has 3 aromatic rings. The van der Waals surface area contributed by atoms with Crippen molar-refractivity contribution in [1.29, 1.82) is 0 Å². The van der Waals surface area contributed by atoms with E-state index in [-0.39, 0.29) is 5.82 Å². The molecule has 0 atom stereocenters. The lowest BCUT2D eigenvalue weighted by molar-refractivity contribution is 0.566. The van der Waals surface area contributed by atoms with Gasteiger partial charge >= 0.3 is 0 Å². The van der Waals surface area contributed by atoms with Crippen molar-refractivity contribution in [2.24, 2.45) is 0 Å². The van der Waals surface area contributed by atoms with Crippen LogP contribution in [0.3, 0.4) is 0 Å². The highest BCUT2D eigenvalue weighted by molar-refractivity contribution is 5.76. The molecule has 84 valence electrons. The summed E-state index contributed by atoms with van der Waals surface area (Å²) in [5, 5.41) is 0. The molecule has 0 aliphatic rings. The predicted octanol–water partition coefficient (Wildman–Crippen LogP) is 2.70. The van der Waals surface area contributed by atoms with E-state index >= 15 is 0 Å². The zero-order valence-corrected chi connectivity index (χ0v) is 8.64. The van der Waals surface area contributed by atoms with Gasteiger partial charge in [0.15, 0.2) is 11.6 Å². The molecule has 3 rings (SSSR count). The van der Waals surface area contributed by atoms with Crippen molar-refractivity contribution in [2.45, 2.75) is 0 Å². The SMILES string of the molecule is Fc1cnc(-n2cnc3ccccc32)c(F)c1. The maximum absolute atomic E-state index is 13.6. The van der Waals surface area contributed by atoms with E-state index in [4.69, 9.17) is 0 Å². The van der Waals surface area contributed by atoms with Crippen molar-refractivity contribution < 1.29 is 8.78 Å². The van der Waals surface area contributed by atoms with Gasteiger partial charge in [0.25, 0.3) is 0 Å². The van der Waals surface area contributed by atoms with Crippen molar-refractivity contribution in [2.75, 3.05) is 0 Å². The molecule has 0 fully saturated rings. The Morgan fingerprint density at radius 1 is 1.06 bits per heavy atom. The molecule has 0 saturated carbocycles. The first kappa shape index (κ1) is 9.89. The number of para-hydroxylation sites is 2. The fraction of sp³-hybridized carbons (Fsp3) is 0. The van der Waals surface area contributed by atoms with Gasteiger partial charge in [-0.15, -0.1) is 0 Å². The average molecular weight is 231 g/mol.